The molecule has 2 saturated heterocycles. The number of nitrogens with zero attached hydrogens (tertiary/aromatic N) is 2. The molecular weight excluding hydrogens is 379 g/mol. The molecule has 0 radical (unpaired) electrons. The second kappa shape index (κ2) is 7.31. The molecule has 2 heterocycles. The molecule has 7 nitrogen and oxygen atoms in total. The zero-order valence-corrected chi connectivity index (χ0v) is 16.4. The van der Waals surface area contributed by atoms with Crippen LogP contribution in [0.25, 0.3) is 0 Å². The molecular formula is C21H25FN2O5. The average Bonchev–Trinajstić information content (AvgIpc) is 3.49. The van der Waals surface area contributed by atoms with Gasteiger partial charge in [-0.3, -0.25) is 9.59 Å². The van der Waals surface area contributed by atoms with Crippen LogP contribution in [-0.2, 0) is 9.59 Å². The molecule has 1 aromatic carbocycles. The SMILES string of the molecule is COc1ccc(F)cc1C(=O)N1CCC2(CC1)C[C@H](C(=O)O)N(C(=O)C1CC1)C2. The van der Waals surface area contributed by atoms with Crippen molar-refractivity contribution >= 4 is 17.8 Å². The fourth-order valence-corrected chi connectivity index (χ4v) is 4.64. The lowest BCUT2D eigenvalue weighted by atomic mass is 9.76. The van der Waals surface area contributed by atoms with Crippen molar-refractivity contribution in [3.63, 3.8) is 0 Å². The second-order valence-electron chi connectivity index (χ2n) is 8.44. The quantitative estimate of drug-likeness (QED) is 0.831. The Labute approximate surface area is 168 Å². The predicted molar refractivity (Wildman–Crippen MR) is 101 cm³/mol. The van der Waals surface area contributed by atoms with Gasteiger partial charge in [-0.25, -0.2) is 9.18 Å². The van der Waals surface area contributed by atoms with Gasteiger partial charge >= 0.3 is 5.97 Å². The van der Waals surface area contributed by atoms with Gasteiger partial charge in [-0.2, -0.15) is 0 Å². The van der Waals surface area contributed by atoms with Crippen LogP contribution >= 0.6 is 0 Å². The molecule has 4 rings (SSSR count). The number of carbonyl (C=O) groups excluding carboxylic acids is 2. The minimum absolute atomic E-state index is 0.0193. The standard InChI is InChI=1S/C21H25FN2O5/c1-29-17-5-4-14(22)10-15(17)19(26)23-8-6-21(7-9-23)11-16(20(27)28)24(12-21)18(25)13-2-3-13/h4-5,10,13,16H,2-3,6-9,11-12H2,1H3,(H,27,28)/t16-/m1/s1. The summed E-state index contributed by atoms with van der Waals surface area (Å²) in [5.41, 5.74) is -0.0972. The molecule has 29 heavy (non-hydrogen) atoms. The first-order valence-corrected chi connectivity index (χ1v) is 10.00. The number of carbonyl (C=O) groups is 3. The molecule has 1 atom stereocenters. The van der Waals surface area contributed by atoms with E-state index in [9.17, 15) is 23.9 Å². The number of benzene rings is 1. The van der Waals surface area contributed by atoms with Gasteiger partial charge in [-0.15, -0.1) is 0 Å². The zero-order valence-electron chi connectivity index (χ0n) is 16.4. The Bertz CT molecular complexity index is 845. The number of hydrogen-bond acceptors (Lipinski definition) is 4. The van der Waals surface area contributed by atoms with E-state index in [1.807, 2.05) is 0 Å². The molecule has 2 amide bonds. The molecule has 0 bridgehead atoms. The Kier molecular flexibility index (Phi) is 4.96. The van der Waals surface area contributed by atoms with Crippen LogP contribution in [0.1, 0.15) is 42.5 Å². The van der Waals surface area contributed by atoms with Gasteiger partial charge in [0.2, 0.25) is 5.91 Å². The van der Waals surface area contributed by atoms with Crippen LogP contribution in [0.5, 0.6) is 5.75 Å². The monoisotopic (exact) mass is 404 g/mol. The normalized spacial score (nSPS) is 23.3. The van der Waals surface area contributed by atoms with Crippen molar-refractivity contribution < 1.29 is 28.6 Å². The summed E-state index contributed by atoms with van der Waals surface area (Å²) in [4.78, 5) is 40.4. The fourth-order valence-electron chi connectivity index (χ4n) is 4.64. The topological polar surface area (TPSA) is 87.2 Å². The third-order valence-corrected chi connectivity index (χ3v) is 6.51. The van der Waals surface area contributed by atoms with Gasteiger partial charge in [0, 0.05) is 25.6 Å². The Morgan fingerprint density at radius 2 is 1.90 bits per heavy atom. The third-order valence-electron chi connectivity index (χ3n) is 6.51. The molecule has 0 aromatic heterocycles. The van der Waals surface area contributed by atoms with E-state index in [0.717, 1.165) is 12.8 Å². The summed E-state index contributed by atoms with van der Waals surface area (Å²) in [6.07, 6.45) is 3.34. The summed E-state index contributed by atoms with van der Waals surface area (Å²) in [5, 5.41) is 9.61. The lowest BCUT2D eigenvalue weighted by Crippen LogP contribution is -2.45. The molecule has 3 fully saturated rings. The van der Waals surface area contributed by atoms with E-state index in [0.29, 0.717) is 44.6 Å². The first-order valence-electron chi connectivity index (χ1n) is 10.00. The molecule has 1 aliphatic carbocycles. The van der Waals surface area contributed by atoms with Crippen molar-refractivity contribution in [1.82, 2.24) is 9.80 Å². The summed E-state index contributed by atoms with van der Waals surface area (Å²) in [6, 6.07) is 3.08. The number of carboxylic acids is 1. The van der Waals surface area contributed by atoms with Crippen molar-refractivity contribution in [3.8, 4) is 5.75 Å². The maximum Gasteiger partial charge on any atom is 0.326 e. The van der Waals surface area contributed by atoms with Crippen molar-refractivity contribution in [2.75, 3.05) is 26.7 Å². The fraction of sp³-hybridized carbons (Fsp3) is 0.571. The molecule has 2 aliphatic heterocycles. The van der Waals surface area contributed by atoms with Crippen LogP contribution in [-0.4, -0.2) is 65.5 Å². The third kappa shape index (κ3) is 3.68. The van der Waals surface area contributed by atoms with Crippen LogP contribution in [0.15, 0.2) is 18.2 Å². The van der Waals surface area contributed by atoms with Gasteiger partial charge in [-0.05, 0) is 55.7 Å². The maximum absolute atomic E-state index is 13.6. The minimum atomic E-state index is -0.959. The number of rotatable bonds is 4. The van der Waals surface area contributed by atoms with Gasteiger partial charge < -0.3 is 19.6 Å². The van der Waals surface area contributed by atoms with Gasteiger partial charge in [-0.1, -0.05) is 0 Å². The molecule has 1 saturated carbocycles. The second-order valence-corrected chi connectivity index (χ2v) is 8.44. The smallest absolute Gasteiger partial charge is 0.326 e. The molecule has 1 spiro atoms. The lowest BCUT2D eigenvalue weighted by molar-refractivity contribution is -0.148. The number of methoxy groups -OCH3 is 1. The summed E-state index contributed by atoms with van der Waals surface area (Å²) in [7, 11) is 1.44. The number of hydrogen-bond donors (Lipinski definition) is 1. The number of ether oxygens (including phenoxy) is 1. The highest BCUT2D eigenvalue weighted by Gasteiger charge is 2.52. The Hall–Kier alpha value is -2.64. The number of amides is 2. The van der Waals surface area contributed by atoms with Gasteiger partial charge in [0.05, 0.1) is 12.7 Å². The van der Waals surface area contributed by atoms with Crippen molar-refractivity contribution in [2.24, 2.45) is 11.3 Å². The average molecular weight is 404 g/mol. The molecule has 8 heteroatoms. The largest absolute Gasteiger partial charge is 0.496 e. The summed E-state index contributed by atoms with van der Waals surface area (Å²) in [6.45, 7) is 1.32. The summed E-state index contributed by atoms with van der Waals surface area (Å²) >= 11 is 0. The van der Waals surface area contributed by atoms with Crippen molar-refractivity contribution in [1.29, 1.82) is 0 Å². The van der Waals surface area contributed by atoms with E-state index in [-0.39, 0.29) is 28.7 Å². The molecule has 0 unspecified atom stereocenters. The predicted octanol–water partition coefficient (Wildman–Crippen LogP) is 2.15. The van der Waals surface area contributed by atoms with E-state index in [2.05, 4.69) is 0 Å². The van der Waals surface area contributed by atoms with Crippen molar-refractivity contribution in [3.05, 3.63) is 29.6 Å². The Morgan fingerprint density at radius 1 is 1.21 bits per heavy atom. The van der Waals surface area contributed by atoms with Crippen LogP contribution in [0.3, 0.4) is 0 Å². The number of likely N-dealkylation sites (tertiary alicyclic amines) is 2. The molecule has 3 aliphatic rings. The highest BCUT2D eigenvalue weighted by Crippen LogP contribution is 2.45. The highest BCUT2D eigenvalue weighted by molar-refractivity contribution is 5.97. The minimum Gasteiger partial charge on any atom is -0.496 e. The number of halogens is 1. The number of carboxylic acid groups (broad SMARTS) is 1. The van der Waals surface area contributed by atoms with Gasteiger partial charge in [0.15, 0.2) is 0 Å². The van der Waals surface area contributed by atoms with Crippen LogP contribution in [0.2, 0.25) is 0 Å². The first kappa shape index (κ1) is 19.7. The summed E-state index contributed by atoms with van der Waals surface area (Å²) < 4.78 is 18.8. The maximum atomic E-state index is 13.6. The zero-order chi connectivity index (χ0) is 20.8. The first-order chi connectivity index (χ1) is 13.8. The molecule has 156 valence electrons. The Morgan fingerprint density at radius 3 is 2.48 bits per heavy atom. The van der Waals surface area contributed by atoms with Crippen LogP contribution in [0, 0.1) is 17.2 Å². The van der Waals surface area contributed by atoms with E-state index in [1.54, 1.807) is 9.80 Å². The van der Waals surface area contributed by atoms with E-state index in [1.165, 1.54) is 25.3 Å². The van der Waals surface area contributed by atoms with E-state index < -0.39 is 17.8 Å². The lowest BCUT2D eigenvalue weighted by Gasteiger charge is -2.39. The summed E-state index contributed by atoms with van der Waals surface area (Å²) in [5.74, 6) is -1.50. The van der Waals surface area contributed by atoms with Gasteiger partial charge in [0.25, 0.3) is 5.91 Å². The van der Waals surface area contributed by atoms with Crippen LogP contribution < -0.4 is 4.74 Å². The van der Waals surface area contributed by atoms with E-state index in [4.69, 9.17) is 4.74 Å². The van der Waals surface area contributed by atoms with Gasteiger partial charge in [0.1, 0.15) is 17.6 Å². The highest BCUT2D eigenvalue weighted by atomic mass is 19.1. The van der Waals surface area contributed by atoms with Crippen molar-refractivity contribution in [2.45, 2.75) is 38.1 Å². The number of piperidine rings is 1. The number of aliphatic carboxylic acids is 1. The van der Waals surface area contributed by atoms with E-state index >= 15 is 0 Å². The molecule has 1 aromatic rings. The Balaban J connectivity index is 1.46. The van der Waals surface area contributed by atoms with Crippen LogP contribution in [0.4, 0.5) is 4.39 Å². The molecule has 1 N–H and O–H groups in total.